The third kappa shape index (κ3) is 5.97. The highest BCUT2D eigenvalue weighted by molar-refractivity contribution is 7.07. The van der Waals surface area contributed by atoms with Crippen molar-refractivity contribution in [3.8, 4) is 11.5 Å². The highest BCUT2D eigenvalue weighted by atomic mass is 32.1. The highest BCUT2D eigenvalue weighted by Crippen LogP contribution is 2.38. The number of aromatic nitrogens is 2. The summed E-state index contributed by atoms with van der Waals surface area (Å²) in [6.07, 6.45) is 3.64. The molecule has 240 valence electrons. The van der Waals surface area contributed by atoms with Crippen LogP contribution in [-0.4, -0.2) is 48.5 Å². The summed E-state index contributed by atoms with van der Waals surface area (Å²) in [7, 11) is 3.07. The van der Waals surface area contributed by atoms with Gasteiger partial charge in [-0.1, -0.05) is 65.9 Å². The Morgan fingerprint density at radius 1 is 0.915 bits per heavy atom. The Labute approximate surface area is 274 Å². The normalized spacial score (nSPS) is 14.5. The molecule has 0 saturated heterocycles. The fourth-order valence-corrected chi connectivity index (χ4v) is 6.78. The van der Waals surface area contributed by atoms with Crippen molar-refractivity contribution in [2.75, 3.05) is 27.4 Å². The maximum Gasteiger partial charge on any atom is 0.338 e. The quantitative estimate of drug-likeness (QED) is 0.205. The minimum absolute atomic E-state index is 0.0338. The lowest BCUT2D eigenvalue weighted by Gasteiger charge is -2.26. The van der Waals surface area contributed by atoms with E-state index in [-0.39, 0.29) is 36.9 Å². The first-order chi connectivity index (χ1) is 22.9. The van der Waals surface area contributed by atoms with Crippen molar-refractivity contribution in [1.29, 1.82) is 0 Å². The minimum Gasteiger partial charge on any atom is -0.493 e. The van der Waals surface area contributed by atoms with Crippen molar-refractivity contribution < 1.29 is 28.5 Å². The van der Waals surface area contributed by atoms with E-state index in [1.54, 1.807) is 45.2 Å². The molecule has 47 heavy (non-hydrogen) atoms. The second-order valence-electron chi connectivity index (χ2n) is 10.6. The molecule has 0 spiro atoms. The summed E-state index contributed by atoms with van der Waals surface area (Å²) >= 11 is 1.22. The maximum absolute atomic E-state index is 14.4. The summed E-state index contributed by atoms with van der Waals surface area (Å²) in [6.45, 7) is 3.96. The monoisotopic (exact) mass is 651 g/mol. The van der Waals surface area contributed by atoms with Gasteiger partial charge in [0.15, 0.2) is 16.3 Å². The average Bonchev–Trinajstić information content (AvgIpc) is 3.59. The molecule has 11 heteroatoms. The summed E-state index contributed by atoms with van der Waals surface area (Å²) in [5, 5.41) is 0.872. The van der Waals surface area contributed by atoms with Gasteiger partial charge in [0.25, 0.3) is 5.56 Å². The zero-order chi connectivity index (χ0) is 33.1. The van der Waals surface area contributed by atoms with Gasteiger partial charge in [-0.25, -0.2) is 9.79 Å². The van der Waals surface area contributed by atoms with Crippen LogP contribution in [0.3, 0.4) is 0 Å². The molecule has 0 bridgehead atoms. The van der Waals surface area contributed by atoms with E-state index >= 15 is 0 Å². The molecule has 0 aliphatic carbocycles. The number of esters is 2. The fourth-order valence-electron chi connectivity index (χ4n) is 5.79. The van der Waals surface area contributed by atoms with Gasteiger partial charge < -0.3 is 23.5 Å². The molecule has 5 aromatic rings. The third-order valence-corrected chi connectivity index (χ3v) is 8.79. The van der Waals surface area contributed by atoms with E-state index in [1.807, 2.05) is 65.4 Å². The van der Waals surface area contributed by atoms with Crippen molar-refractivity contribution in [3.63, 3.8) is 0 Å². The van der Waals surface area contributed by atoms with Crippen LogP contribution < -0.4 is 24.4 Å². The lowest BCUT2D eigenvalue weighted by Crippen LogP contribution is -2.40. The van der Waals surface area contributed by atoms with E-state index < -0.39 is 12.0 Å². The van der Waals surface area contributed by atoms with Gasteiger partial charge in [-0.05, 0) is 43.7 Å². The number of nitrogens with zero attached hydrogens (tertiary/aromatic N) is 3. The molecular weight excluding hydrogens is 618 g/mol. The second kappa shape index (κ2) is 13.5. The number of fused-ring (bicyclic) bond motifs is 2. The number of benzene rings is 3. The largest absolute Gasteiger partial charge is 0.493 e. The number of hydrogen-bond acceptors (Lipinski definition) is 9. The lowest BCUT2D eigenvalue weighted by molar-refractivity contribution is -0.143. The van der Waals surface area contributed by atoms with Crippen LogP contribution in [0.2, 0.25) is 0 Å². The molecule has 0 saturated carbocycles. The van der Waals surface area contributed by atoms with Crippen LogP contribution in [0.5, 0.6) is 11.5 Å². The van der Waals surface area contributed by atoms with Crippen molar-refractivity contribution in [1.82, 2.24) is 9.13 Å². The molecule has 3 heterocycles. The SMILES string of the molecule is CCOC(=O)Cn1cc(/C=c2\sc3n(c2=O)[C@@H](c2ccc(OC)c(OC)c2)C(C(=O)OCC)=C(c2ccccc2)N=3)c2ccccc21. The van der Waals surface area contributed by atoms with Crippen LogP contribution in [0.1, 0.15) is 36.6 Å². The summed E-state index contributed by atoms with van der Waals surface area (Å²) < 4.78 is 25.6. The Hall–Kier alpha value is -5.42. The number of carbonyl (C=O) groups excluding carboxylic acids is 2. The summed E-state index contributed by atoms with van der Waals surface area (Å²) in [4.78, 5) is 45.9. The van der Waals surface area contributed by atoms with Gasteiger partial charge in [-0.3, -0.25) is 14.2 Å². The predicted molar refractivity (Wildman–Crippen MR) is 179 cm³/mol. The number of rotatable bonds is 10. The summed E-state index contributed by atoms with van der Waals surface area (Å²) in [5.41, 5.74) is 3.24. The first kappa shape index (κ1) is 31.6. The van der Waals surface area contributed by atoms with Gasteiger partial charge in [0.1, 0.15) is 6.54 Å². The molecule has 0 amide bonds. The molecule has 0 unspecified atom stereocenters. The fraction of sp³-hybridized carbons (Fsp3) is 0.222. The summed E-state index contributed by atoms with van der Waals surface area (Å²) in [5.74, 6) is 0.0241. The number of methoxy groups -OCH3 is 2. The van der Waals surface area contributed by atoms with Gasteiger partial charge in [-0.2, -0.15) is 0 Å². The molecular formula is C36H33N3O7S. The number of carbonyl (C=O) groups is 2. The molecule has 1 aliphatic heterocycles. The number of thiazole rings is 1. The Morgan fingerprint density at radius 3 is 2.36 bits per heavy atom. The van der Waals surface area contributed by atoms with E-state index in [0.29, 0.717) is 37.7 Å². The molecule has 1 atom stereocenters. The second-order valence-corrected chi connectivity index (χ2v) is 11.6. The van der Waals surface area contributed by atoms with E-state index in [9.17, 15) is 14.4 Å². The van der Waals surface area contributed by atoms with Crippen LogP contribution in [-0.2, 0) is 25.6 Å². The topological polar surface area (TPSA) is 110 Å². The van der Waals surface area contributed by atoms with E-state index in [0.717, 1.165) is 16.5 Å². The van der Waals surface area contributed by atoms with Gasteiger partial charge in [0, 0.05) is 28.2 Å². The average molecular weight is 652 g/mol. The summed E-state index contributed by atoms with van der Waals surface area (Å²) in [6, 6.07) is 21.5. The Kier molecular flexibility index (Phi) is 9.08. The molecule has 0 radical (unpaired) electrons. The maximum atomic E-state index is 14.4. The van der Waals surface area contributed by atoms with Crippen LogP contribution in [0.4, 0.5) is 0 Å². The van der Waals surface area contributed by atoms with Crippen molar-refractivity contribution in [3.05, 3.63) is 121 Å². The first-order valence-electron chi connectivity index (χ1n) is 15.1. The zero-order valence-corrected chi connectivity index (χ0v) is 27.2. The van der Waals surface area contributed by atoms with Crippen LogP contribution in [0.15, 0.2) is 94.4 Å². The zero-order valence-electron chi connectivity index (χ0n) is 26.4. The number of ether oxygens (including phenoxy) is 4. The van der Waals surface area contributed by atoms with Gasteiger partial charge in [0.2, 0.25) is 0 Å². The van der Waals surface area contributed by atoms with E-state index in [4.69, 9.17) is 23.9 Å². The van der Waals surface area contributed by atoms with Gasteiger partial charge in [0.05, 0.1) is 49.3 Å². The van der Waals surface area contributed by atoms with Crippen LogP contribution >= 0.6 is 11.3 Å². The highest BCUT2D eigenvalue weighted by Gasteiger charge is 2.35. The van der Waals surface area contributed by atoms with Crippen molar-refractivity contribution >= 4 is 46.0 Å². The molecule has 6 rings (SSSR count). The third-order valence-electron chi connectivity index (χ3n) is 7.81. The minimum atomic E-state index is -0.882. The lowest BCUT2D eigenvalue weighted by atomic mass is 9.93. The molecule has 10 nitrogen and oxygen atoms in total. The van der Waals surface area contributed by atoms with Crippen LogP contribution in [0, 0.1) is 0 Å². The Morgan fingerprint density at radius 2 is 1.64 bits per heavy atom. The number of para-hydroxylation sites is 1. The molecule has 3 aromatic carbocycles. The first-order valence-corrected chi connectivity index (χ1v) is 15.9. The molecule has 1 aliphatic rings. The van der Waals surface area contributed by atoms with Crippen LogP contribution in [0.25, 0.3) is 22.7 Å². The van der Waals surface area contributed by atoms with E-state index in [2.05, 4.69) is 0 Å². The van der Waals surface area contributed by atoms with Crippen molar-refractivity contribution in [2.24, 2.45) is 4.99 Å². The molecule has 0 N–H and O–H groups in total. The van der Waals surface area contributed by atoms with E-state index in [1.165, 1.54) is 23.0 Å². The molecule has 2 aromatic heterocycles. The standard InChI is InChI=1S/C36H33N3O7S/c1-5-45-30(40)21-38-20-24(25-14-10-11-15-26(25)38)19-29-34(41)39-33(23-16-17-27(43-3)28(18-23)44-4)31(35(42)46-6-2)32(37-36(39)47-29)22-12-8-7-9-13-22/h7-20,33H,5-6,21H2,1-4H3/b29-19-/t33-/m0/s1. The van der Waals surface area contributed by atoms with Gasteiger partial charge in [-0.15, -0.1) is 0 Å². The van der Waals surface area contributed by atoms with Crippen molar-refractivity contribution in [2.45, 2.75) is 26.4 Å². The molecule has 0 fully saturated rings. The smallest absolute Gasteiger partial charge is 0.338 e. The number of hydrogen-bond donors (Lipinski definition) is 0. The Bertz CT molecular complexity index is 2190. The Balaban J connectivity index is 1.62. The van der Waals surface area contributed by atoms with Gasteiger partial charge >= 0.3 is 11.9 Å². The predicted octanol–water partition coefficient (Wildman–Crippen LogP) is 4.47.